The lowest BCUT2D eigenvalue weighted by Crippen LogP contribution is -2.49. The summed E-state index contributed by atoms with van der Waals surface area (Å²) >= 11 is 0. The Bertz CT molecular complexity index is 535. The number of carbonyl (C=O) groups excluding carboxylic acids is 1. The molecule has 5 nitrogen and oxygen atoms in total. The molecule has 2 rings (SSSR count). The van der Waals surface area contributed by atoms with Gasteiger partial charge in [0.05, 0.1) is 18.2 Å². The first kappa shape index (κ1) is 14.0. The molecule has 2 heterocycles. The molecule has 1 fully saturated rings. The van der Waals surface area contributed by atoms with E-state index in [0.29, 0.717) is 19.3 Å². The lowest BCUT2D eigenvalue weighted by molar-refractivity contribution is -0.133. The summed E-state index contributed by atoms with van der Waals surface area (Å²) in [5, 5.41) is 9.11. The molecule has 0 aromatic carbocycles. The molecule has 0 aliphatic carbocycles. The molecule has 1 aromatic heterocycles. The van der Waals surface area contributed by atoms with Crippen LogP contribution in [0.3, 0.4) is 0 Å². The van der Waals surface area contributed by atoms with Crippen LogP contribution in [-0.4, -0.2) is 33.9 Å². The summed E-state index contributed by atoms with van der Waals surface area (Å²) < 4.78 is 0. The largest absolute Gasteiger partial charge is 0.320 e. The van der Waals surface area contributed by atoms with Crippen molar-refractivity contribution in [3.05, 3.63) is 30.1 Å². The van der Waals surface area contributed by atoms with Crippen molar-refractivity contribution in [3.63, 3.8) is 0 Å². The third-order valence-electron chi connectivity index (χ3n) is 3.50. The molecule has 1 amide bonds. The summed E-state index contributed by atoms with van der Waals surface area (Å²) in [4.78, 5) is 17.8. The fourth-order valence-corrected chi connectivity index (χ4v) is 2.46. The minimum atomic E-state index is -0.692. The lowest BCUT2D eigenvalue weighted by Gasteiger charge is -2.27. The topological polar surface area (TPSA) is 83.0 Å². The van der Waals surface area contributed by atoms with E-state index in [1.54, 1.807) is 12.4 Å². The van der Waals surface area contributed by atoms with Gasteiger partial charge in [0.15, 0.2) is 0 Å². The standard InChI is InChI=1S/C15H16N4O/c1-2-12-3-4-13(10-16)19(12)15(20)14(17)9-11-5-7-18-8-6-11/h1,5-8,12-14H,3-4,9,17H2/t12-,13-,14-/m0/s1. The smallest absolute Gasteiger partial charge is 0.241 e. The zero-order valence-corrected chi connectivity index (χ0v) is 11.1. The van der Waals surface area contributed by atoms with Gasteiger partial charge in [-0.2, -0.15) is 5.26 Å². The number of rotatable bonds is 3. The van der Waals surface area contributed by atoms with E-state index in [1.807, 2.05) is 12.1 Å². The second-order valence-corrected chi connectivity index (χ2v) is 4.82. The molecule has 0 bridgehead atoms. The van der Waals surface area contributed by atoms with Crippen molar-refractivity contribution in [1.29, 1.82) is 5.26 Å². The van der Waals surface area contributed by atoms with Gasteiger partial charge >= 0.3 is 0 Å². The van der Waals surface area contributed by atoms with E-state index in [4.69, 9.17) is 17.4 Å². The molecule has 20 heavy (non-hydrogen) atoms. The Labute approximate surface area is 118 Å². The van der Waals surface area contributed by atoms with E-state index >= 15 is 0 Å². The lowest BCUT2D eigenvalue weighted by atomic mass is 10.1. The molecular formula is C15H16N4O. The quantitative estimate of drug-likeness (QED) is 0.808. The Balaban J connectivity index is 2.10. The van der Waals surface area contributed by atoms with Crippen LogP contribution in [-0.2, 0) is 11.2 Å². The van der Waals surface area contributed by atoms with Crippen molar-refractivity contribution in [1.82, 2.24) is 9.88 Å². The number of nitrogens with two attached hydrogens (primary N) is 1. The highest BCUT2D eigenvalue weighted by Crippen LogP contribution is 2.24. The van der Waals surface area contributed by atoms with Crippen molar-refractivity contribution in [2.75, 3.05) is 0 Å². The van der Waals surface area contributed by atoms with Gasteiger partial charge in [-0.3, -0.25) is 9.78 Å². The van der Waals surface area contributed by atoms with Crippen molar-refractivity contribution in [3.8, 4) is 18.4 Å². The molecule has 102 valence electrons. The summed E-state index contributed by atoms with van der Waals surface area (Å²) in [7, 11) is 0. The van der Waals surface area contributed by atoms with Crippen LogP contribution in [0.1, 0.15) is 18.4 Å². The second kappa shape index (κ2) is 6.18. The first-order chi connectivity index (χ1) is 9.67. The summed E-state index contributed by atoms with van der Waals surface area (Å²) in [5.74, 6) is 2.31. The fourth-order valence-electron chi connectivity index (χ4n) is 2.46. The zero-order valence-electron chi connectivity index (χ0n) is 11.1. The van der Waals surface area contributed by atoms with Gasteiger partial charge in [-0.25, -0.2) is 0 Å². The number of nitrogens with zero attached hydrogens (tertiary/aromatic N) is 3. The SMILES string of the molecule is C#C[C@H]1CC[C@@H](C#N)N1C(=O)[C@@H](N)Cc1ccncc1. The molecule has 5 heteroatoms. The molecule has 0 spiro atoms. The van der Waals surface area contributed by atoms with Gasteiger partial charge in [0.2, 0.25) is 5.91 Å². The van der Waals surface area contributed by atoms with Gasteiger partial charge in [0.1, 0.15) is 6.04 Å². The Morgan fingerprint density at radius 1 is 1.50 bits per heavy atom. The molecule has 1 aromatic rings. The first-order valence-electron chi connectivity index (χ1n) is 6.49. The summed E-state index contributed by atoms with van der Waals surface area (Å²) in [5.41, 5.74) is 6.91. The summed E-state index contributed by atoms with van der Waals surface area (Å²) in [6.07, 6.45) is 10.4. The molecule has 1 saturated heterocycles. The summed E-state index contributed by atoms with van der Waals surface area (Å²) in [6, 6.07) is 4.27. The van der Waals surface area contributed by atoms with Gasteiger partial charge in [-0.15, -0.1) is 6.42 Å². The molecule has 2 N–H and O–H groups in total. The zero-order chi connectivity index (χ0) is 14.5. The molecular weight excluding hydrogens is 252 g/mol. The van der Waals surface area contributed by atoms with E-state index in [9.17, 15) is 4.79 Å². The highest BCUT2D eigenvalue weighted by Gasteiger charge is 2.37. The van der Waals surface area contributed by atoms with Crippen LogP contribution in [0.4, 0.5) is 0 Å². The van der Waals surface area contributed by atoms with Crippen LogP contribution in [0.2, 0.25) is 0 Å². The number of hydrogen-bond acceptors (Lipinski definition) is 4. The Kier molecular flexibility index (Phi) is 4.34. The third-order valence-corrected chi connectivity index (χ3v) is 3.50. The highest BCUT2D eigenvalue weighted by molar-refractivity contribution is 5.83. The number of aromatic nitrogens is 1. The minimum absolute atomic E-state index is 0.256. The van der Waals surface area contributed by atoms with Gasteiger partial charge < -0.3 is 10.6 Å². The predicted molar refractivity (Wildman–Crippen MR) is 74.0 cm³/mol. The number of likely N-dealkylation sites (tertiary alicyclic amines) is 1. The van der Waals surface area contributed by atoms with Crippen molar-refractivity contribution < 1.29 is 4.79 Å². The molecule has 0 unspecified atom stereocenters. The normalized spacial score (nSPS) is 22.9. The second-order valence-electron chi connectivity index (χ2n) is 4.82. The van der Waals surface area contributed by atoms with E-state index in [1.165, 1.54) is 4.90 Å². The van der Waals surface area contributed by atoms with Gasteiger partial charge in [-0.1, -0.05) is 5.92 Å². The Hall–Kier alpha value is -2.37. The van der Waals surface area contributed by atoms with Crippen molar-refractivity contribution >= 4 is 5.91 Å². The molecule has 1 aliphatic heterocycles. The number of terminal acetylenes is 1. The monoisotopic (exact) mass is 268 g/mol. The van der Waals surface area contributed by atoms with Crippen LogP contribution in [0, 0.1) is 23.7 Å². The number of carbonyl (C=O) groups is 1. The van der Waals surface area contributed by atoms with Crippen molar-refractivity contribution in [2.45, 2.75) is 37.4 Å². The maximum atomic E-state index is 12.4. The van der Waals surface area contributed by atoms with E-state index in [-0.39, 0.29) is 11.9 Å². The average molecular weight is 268 g/mol. The molecule has 0 radical (unpaired) electrons. The van der Waals surface area contributed by atoms with Crippen molar-refractivity contribution in [2.24, 2.45) is 5.73 Å². The third kappa shape index (κ3) is 2.79. The average Bonchev–Trinajstić information content (AvgIpc) is 2.90. The van der Waals surface area contributed by atoms with Gasteiger partial charge in [0, 0.05) is 12.4 Å². The minimum Gasteiger partial charge on any atom is -0.320 e. The van der Waals surface area contributed by atoms with Crippen LogP contribution < -0.4 is 5.73 Å². The number of nitriles is 1. The summed E-state index contributed by atoms with van der Waals surface area (Å²) in [6.45, 7) is 0. The maximum Gasteiger partial charge on any atom is 0.241 e. The van der Waals surface area contributed by atoms with E-state index in [2.05, 4.69) is 17.0 Å². The first-order valence-corrected chi connectivity index (χ1v) is 6.49. The van der Waals surface area contributed by atoms with Crippen LogP contribution >= 0.6 is 0 Å². The van der Waals surface area contributed by atoms with Crippen LogP contribution in [0.5, 0.6) is 0 Å². The molecule has 3 atom stereocenters. The van der Waals surface area contributed by atoms with Crippen LogP contribution in [0.25, 0.3) is 0 Å². The maximum absolute atomic E-state index is 12.4. The van der Waals surface area contributed by atoms with E-state index in [0.717, 1.165) is 5.56 Å². The fraction of sp³-hybridized carbons (Fsp3) is 0.400. The van der Waals surface area contributed by atoms with Crippen LogP contribution in [0.15, 0.2) is 24.5 Å². The Morgan fingerprint density at radius 3 is 2.75 bits per heavy atom. The number of pyridine rings is 1. The highest BCUT2D eigenvalue weighted by atomic mass is 16.2. The Morgan fingerprint density at radius 2 is 2.15 bits per heavy atom. The van der Waals surface area contributed by atoms with E-state index < -0.39 is 12.1 Å². The number of amides is 1. The van der Waals surface area contributed by atoms with Gasteiger partial charge in [-0.05, 0) is 37.0 Å². The predicted octanol–water partition coefficient (Wildman–Crippen LogP) is 0.468. The number of hydrogen-bond donors (Lipinski definition) is 1. The molecule has 1 aliphatic rings. The molecule has 0 saturated carbocycles. The van der Waals surface area contributed by atoms with Gasteiger partial charge in [0.25, 0.3) is 0 Å².